The molecule has 1 aromatic carbocycles. The van der Waals surface area contributed by atoms with Crippen LogP contribution in [0.3, 0.4) is 0 Å². The van der Waals surface area contributed by atoms with E-state index < -0.39 is 6.10 Å². The van der Waals surface area contributed by atoms with Gasteiger partial charge in [-0.3, -0.25) is 4.79 Å². The van der Waals surface area contributed by atoms with Gasteiger partial charge in [-0.15, -0.1) is 0 Å². The normalized spacial score (nSPS) is 12.4. The molecule has 6 heteroatoms. The van der Waals surface area contributed by atoms with E-state index in [9.17, 15) is 9.90 Å². The number of benzene rings is 1. The quantitative estimate of drug-likeness (QED) is 0.529. The molecule has 0 aliphatic heterocycles. The van der Waals surface area contributed by atoms with Crippen molar-refractivity contribution >= 4 is 12.1 Å². The third kappa shape index (κ3) is 5.39. The van der Waals surface area contributed by atoms with Crippen molar-refractivity contribution in [2.24, 2.45) is 5.10 Å². The molecule has 1 unspecified atom stereocenters. The molecule has 0 bridgehead atoms. The molecule has 0 radical (unpaired) electrons. The van der Waals surface area contributed by atoms with E-state index in [4.69, 9.17) is 9.84 Å². The SMILES string of the molecule is COc1cc(C=NNC(=O)CCC(C)O)ccc1O. The van der Waals surface area contributed by atoms with Gasteiger partial charge in [0.2, 0.25) is 5.91 Å². The largest absolute Gasteiger partial charge is 0.504 e. The predicted octanol–water partition coefficient (Wildman–Crippen LogP) is 1.01. The minimum atomic E-state index is -0.504. The molecule has 1 rings (SSSR count). The number of phenolic OH excluding ortho intramolecular Hbond substituents is 1. The Hall–Kier alpha value is -2.08. The van der Waals surface area contributed by atoms with Crippen molar-refractivity contribution in [3.05, 3.63) is 23.8 Å². The second-order valence-corrected chi connectivity index (χ2v) is 4.11. The first-order valence-corrected chi connectivity index (χ1v) is 5.90. The van der Waals surface area contributed by atoms with Crippen LogP contribution in [0.15, 0.2) is 23.3 Å². The number of rotatable bonds is 6. The van der Waals surface area contributed by atoms with Crippen molar-refractivity contribution in [1.82, 2.24) is 5.43 Å². The number of hydrogen-bond acceptors (Lipinski definition) is 5. The van der Waals surface area contributed by atoms with Crippen LogP contribution in [0.2, 0.25) is 0 Å². The van der Waals surface area contributed by atoms with Crippen molar-refractivity contribution in [2.45, 2.75) is 25.9 Å². The molecule has 0 fully saturated rings. The van der Waals surface area contributed by atoms with Crippen molar-refractivity contribution in [3.63, 3.8) is 0 Å². The third-order valence-corrected chi connectivity index (χ3v) is 2.40. The topological polar surface area (TPSA) is 91.2 Å². The molecule has 104 valence electrons. The third-order valence-electron chi connectivity index (χ3n) is 2.40. The number of amides is 1. The zero-order chi connectivity index (χ0) is 14.3. The van der Waals surface area contributed by atoms with Gasteiger partial charge in [0.1, 0.15) is 0 Å². The van der Waals surface area contributed by atoms with Gasteiger partial charge in [-0.1, -0.05) is 0 Å². The summed E-state index contributed by atoms with van der Waals surface area (Å²) in [5.74, 6) is 0.118. The smallest absolute Gasteiger partial charge is 0.240 e. The van der Waals surface area contributed by atoms with Gasteiger partial charge in [0, 0.05) is 6.42 Å². The first-order valence-electron chi connectivity index (χ1n) is 5.90. The summed E-state index contributed by atoms with van der Waals surface area (Å²) in [6.07, 6.45) is 1.56. The highest BCUT2D eigenvalue weighted by Crippen LogP contribution is 2.25. The lowest BCUT2D eigenvalue weighted by Gasteiger charge is -2.04. The van der Waals surface area contributed by atoms with Crippen LogP contribution >= 0.6 is 0 Å². The molecule has 19 heavy (non-hydrogen) atoms. The average Bonchev–Trinajstić information content (AvgIpc) is 2.38. The highest BCUT2D eigenvalue weighted by molar-refractivity contribution is 5.83. The molecule has 0 spiro atoms. The fraction of sp³-hybridized carbons (Fsp3) is 0.385. The second-order valence-electron chi connectivity index (χ2n) is 4.11. The monoisotopic (exact) mass is 266 g/mol. The summed E-state index contributed by atoms with van der Waals surface area (Å²) in [7, 11) is 1.45. The maximum absolute atomic E-state index is 11.3. The number of hydrogen-bond donors (Lipinski definition) is 3. The number of nitrogens with zero attached hydrogens (tertiary/aromatic N) is 1. The van der Waals surface area contributed by atoms with Crippen LogP contribution in [0.4, 0.5) is 0 Å². The van der Waals surface area contributed by atoms with E-state index in [0.717, 1.165) is 0 Å². The highest BCUT2D eigenvalue weighted by Gasteiger charge is 2.03. The summed E-state index contributed by atoms with van der Waals surface area (Å²) in [6.45, 7) is 1.62. The van der Waals surface area contributed by atoms with Crippen LogP contribution in [0.25, 0.3) is 0 Å². The van der Waals surface area contributed by atoms with E-state index in [2.05, 4.69) is 10.5 Å². The van der Waals surface area contributed by atoms with Crippen LogP contribution in [-0.4, -0.2) is 35.5 Å². The van der Waals surface area contributed by atoms with Crippen molar-refractivity contribution < 1.29 is 19.7 Å². The number of carbonyl (C=O) groups is 1. The van der Waals surface area contributed by atoms with Crippen LogP contribution in [0, 0.1) is 0 Å². The fourth-order valence-electron chi connectivity index (χ4n) is 1.35. The number of methoxy groups -OCH3 is 1. The standard InChI is InChI=1S/C13H18N2O4/c1-9(16)3-6-13(18)15-14-8-10-4-5-11(17)12(7-10)19-2/h4-5,7-9,16-17H,3,6H2,1-2H3,(H,15,18). The zero-order valence-corrected chi connectivity index (χ0v) is 11.0. The van der Waals surface area contributed by atoms with Crippen molar-refractivity contribution in [1.29, 1.82) is 0 Å². The molecule has 6 nitrogen and oxygen atoms in total. The lowest BCUT2D eigenvalue weighted by molar-refractivity contribution is -0.121. The van der Waals surface area contributed by atoms with E-state index >= 15 is 0 Å². The summed E-state index contributed by atoms with van der Waals surface area (Å²) >= 11 is 0. The number of ether oxygens (including phenoxy) is 1. The lowest BCUT2D eigenvalue weighted by Crippen LogP contribution is -2.18. The van der Waals surface area contributed by atoms with Crippen LogP contribution in [-0.2, 0) is 4.79 Å². The summed E-state index contributed by atoms with van der Waals surface area (Å²) in [5, 5.41) is 22.2. The molecule has 3 N–H and O–H groups in total. The first-order chi connectivity index (χ1) is 9.02. The molecule has 1 amide bonds. The maximum Gasteiger partial charge on any atom is 0.240 e. The van der Waals surface area contributed by atoms with E-state index in [-0.39, 0.29) is 18.1 Å². The van der Waals surface area contributed by atoms with Gasteiger partial charge in [0.15, 0.2) is 11.5 Å². The van der Waals surface area contributed by atoms with E-state index in [1.54, 1.807) is 19.1 Å². The van der Waals surface area contributed by atoms with Gasteiger partial charge in [0.05, 0.1) is 19.4 Å². The number of hydrazone groups is 1. The van der Waals surface area contributed by atoms with E-state index in [1.165, 1.54) is 19.4 Å². The van der Waals surface area contributed by atoms with Crippen LogP contribution in [0.1, 0.15) is 25.3 Å². The maximum atomic E-state index is 11.3. The number of carbonyl (C=O) groups excluding carboxylic acids is 1. The van der Waals surface area contributed by atoms with Gasteiger partial charge in [-0.25, -0.2) is 5.43 Å². The van der Waals surface area contributed by atoms with Crippen LogP contribution < -0.4 is 10.2 Å². The van der Waals surface area contributed by atoms with Crippen molar-refractivity contribution in [3.8, 4) is 11.5 Å². The van der Waals surface area contributed by atoms with Crippen molar-refractivity contribution in [2.75, 3.05) is 7.11 Å². The Morgan fingerprint density at radius 1 is 1.58 bits per heavy atom. The number of nitrogens with one attached hydrogen (secondary N) is 1. The first kappa shape index (κ1) is 15.0. The van der Waals surface area contributed by atoms with Gasteiger partial charge in [0.25, 0.3) is 0 Å². The zero-order valence-electron chi connectivity index (χ0n) is 11.0. The Morgan fingerprint density at radius 3 is 2.95 bits per heavy atom. The van der Waals surface area contributed by atoms with Gasteiger partial charge in [-0.2, -0.15) is 5.10 Å². The molecule has 1 atom stereocenters. The Kier molecular flexibility index (Phi) is 5.81. The molecule has 0 heterocycles. The minimum absolute atomic E-state index is 0.0422. The Bertz CT molecular complexity index is 458. The summed E-state index contributed by atoms with van der Waals surface area (Å²) < 4.78 is 4.95. The predicted molar refractivity (Wildman–Crippen MR) is 71.3 cm³/mol. The molecule has 0 aliphatic rings. The number of aliphatic hydroxyl groups is 1. The fourth-order valence-corrected chi connectivity index (χ4v) is 1.35. The van der Waals surface area contributed by atoms with Gasteiger partial charge < -0.3 is 14.9 Å². The minimum Gasteiger partial charge on any atom is -0.504 e. The lowest BCUT2D eigenvalue weighted by atomic mass is 10.2. The molecule has 0 saturated carbocycles. The number of aliphatic hydroxyl groups excluding tert-OH is 1. The summed E-state index contributed by atoms with van der Waals surface area (Å²) in [4.78, 5) is 11.3. The molecular formula is C13H18N2O4. The number of aromatic hydroxyl groups is 1. The van der Waals surface area contributed by atoms with Gasteiger partial charge >= 0.3 is 0 Å². The Balaban J connectivity index is 2.50. The Morgan fingerprint density at radius 2 is 2.32 bits per heavy atom. The van der Waals surface area contributed by atoms with Gasteiger partial charge in [-0.05, 0) is 37.1 Å². The molecule has 0 saturated heterocycles. The summed E-state index contributed by atoms with van der Waals surface area (Å²) in [5.41, 5.74) is 3.04. The molecule has 1 aromatic rings. The van der Waals surface area contributed by atoms with E-state index in [0.29, 0.717) is 17.7 Å². The van der Waals surface area contributed by atoms with E-state index in [1.807, 2.05) is 0 Å². The molecular weight excluding hydrogens is 248 g/mol. The molecule has 0 aliphatic carbocycles. The number of phenols is 1. The Labute approximate surface area is 111 Å². The average molecular weight is 266 g/mol. The highest BCUT2D eigenvalue weighted by atomic mass is 16.5. The van der Waals surface area contributed by atoms with Crippen LogP contribution in [0.5, 0.6) is 11.5 Å². The summed E-state index contributed by atoms with van der Waals surface area (Å²) in [6, 6.07) is 4.72. The molecule has 0 aromatic heterocycles. The second kappa shape index (κ2) is 7.38.